The highest BCUT2D eigenvalue weighted by atomic mass is 15.2. The number of hydrogen-bond donors (Lipinski definition) is 0. The first-order valence-electron chi connectivity index (χ1n) is 7.99. The Labute approximate surface area is 135 Å². The predicted molar refractivity (Wildman–Crippen MR) is 88.0 cm³/mol. The number of pyridine rings is 2. The second-order valence-corrected chi connectivity index (χ2v) is 5.82. The zero-order valence-electron chi connectivity index (χ0n) is 12.9. The van der Waals surface area contributed by atoms with Gasteiger partial charge in [0.05, 0.1) is 29.4 Å². The molecule has 4 rings (SSSR count). The Kier molecular flexibility index (Phi) is 3.86. The average molecular weight is 305 g/mol. The summed E-state index contributed by atoms with van der Waals surface area (Å²) in [4.78, 5) is 15.8. The molecule has 0 radical (unpaired) electrons. The SMILES string of the molecule is c1ccc(C2CCCN2Cc2ncccc2-n2ccnc2)nc1. The molecular weight excluding hydrogens is 286 g/mol. The van der Waals surface area contributed by atoms with E-state index in [-0.39, 0.29) is 0 Å². The third-order valence-corrected chi connectivity index (χ3v) is 4.39. The van der Waals surface area contributed by atoms with Gasteiger partial charge in [0.15, 0.2) is 0 Å². The van der Waals surface area contributed by atoms with Crippen LogP contribution in [0.4, 0.5) is 0 Å². The van der Waals surface area contributed by atoms with Crippen molar-refractivity contribution in [3.8, 4) is 5.69 Å². The van der Waals surface area contributed by atoms with E-state index in [1.54, 1.807) is 6.20 Å². The second kappa shape index (κ2) is 6.30. The summed E-state index contributed by atoms with van der Waals surface area (Å²) < 4.78 is 2.02. The molecular formula is C18H19N5. The predicted octanol–water partition coefficient (Wildman–Crippen LogP) is 3.00. The molecule has 116 valence electrons. The van der Waals surface area contributed by atoms with Gasteiger partial charge in [0, 0.05) is 31.3 Å². The van der Waals surface area contributed by atoms with Crippen molar-refractivity contribution >= 4 is 0 Å². The Morgan fingerprint density at radius 3 is 2.83 bits per heavy atom. The lowest BCUT2D eigenvalue weighted by molar-refractivity contribution is 0.241. The van der Waals surface area contributed by atoms with Gasteiger partial charge in [-0.05, 0) is 43.7 Å². The van der Waals surface area contributed by atoms with Crippen molar-refractivity contribution in [1.29, 1.82) is 0 Å². The summed E-state index contributed by atoms with van der Waals surface area (Å²) in [5.41, 5.74) is 3.33. The van der Waals surface area contributed by atoms with Crippen molar-refractivity contribution in [2.24, 2.45) is 0 Å². The number of aromatic nitrogens is 4. The molecule has 1 saturated heterocycles. The molecule has 5 heteroatoms. The fourth-order valence-corrected chi connectivity index (χ4v) is 3.30. The first-order chi connectivity index (χ1) is 11.4. The van der Waals surface area contributed by atoms with Gasteiger partial charge in [-0.15, -0.1) is 0 Å². The third kappa shape index (κ3) is 2.87. The third-order valence-electron chi connectivity index (χ3n) is 4.39. The van der Waals surface area contributed by atoms with E-state index >= 15 is 0 Å². The highest BCUT2D eigenvalue weighted by Gasteiger charge is 2.27. The Balaban J connectivity index is 1.61. The van der Waals surface area contributed by atoms with Gasteiger partial charge in [0.2, 0.25) is 0 Å². The van der Waals surface area contributed by atoms with E-state index in [0.717, 1.165) is 36.6 Å². The van der Waals surface area contributed by atoms with Crippen LogP contribution in [-0.2, 0) is 6.54 Å². The van der Waals surface area contributed by atoms with E-state index in [0.29, 0.717) is 6.04 Å². The van der Waals surface area contributed by atoms with Crippen molar-refractivity contribution in [3.05, 3.63) is 72.8 Å². The van der Waals surface area contributed by atoms with Gasteiger partial charge < -0.3 is 4.57 Å². The molecule has 1 atom stereocenters. The van der Waals surface area contributed by atoms with Gasteiger partial charge in [0.1, 0.15) is 0 Å². The molecule has 1 unspecified atom stereocenters. The number of hydrogen-bond acceptors (Lipinski definition) is 4. The molecule has 0 spiro atoms. The summed E-state index contributed by atoms with van der Waals surface area (Å²) >= 11 is 0. The molecule has 0 saturated carbocycles. The molecule has 0 aromatic carbocycles. The number of imidazole rings is 1. The van der Waals surface area contributed by atoms with Crippen LogP contribution in [0, 0.1) is 0 Å². The fraction of sp³-hybridized carbons (Fsp3) is 0.278. The molecule has 23 heavy (non-hydrogen) atoms. The van der Waals surface area contributed by atoms with E-state index in [9.17, 15) is 0 Å². The maximum Gasteiger partial charge on any atom is 0.0992 e. The molecule has 0 bridgehead atoms. The van der Waals surface area contributed by atoms with Crippen LogP contribution in [-0.4, -0.2) is 31.0 Å². The van der Waals surface area contributed by atoms with Crippen LogP contribution in [0.3, 0.4) is 0 Å². The van der Waals surface area contributed by atoms with Crippen LogP contribution in [0.5, 0.6) is 0 Å². The van der Waals surface area contributed by atoms with Crippen molar-refractivity contribution in [3.63, 3.8) is 0 Å². The Bertz CT molecular complexity index is 754. The van der Waals surface area contributed by atoms with Crippen molar-refractivity contribution in [2.45, 2.75) is 25.4 Å². The molecule has 3 aromatic rings. The highest BCUT2D eigenvalue weighted by Crippen LogP contribution is 2.32. The molecule has 1 aliphatic rings. The van der Waals surface area contributed by atoms with Crippen LogP contribution >= 0.6 is 0 Å². The normalized spacial score (nSPS) is 18.3. The van der Waals surface area contributed by atoms with Crippen LogP contribution in [0.25, 0.3) is 5.69 Å². The van der Waals surface area contributed by atoms with Gasteiger partial charge in [0.25, 0.3) is 0 Å². The summed E-state index contributed by atoms with van der Waals surface area (Å²) in [5.74, 6) is 0. The minimum absolute atomic E-state index is 0.383. The largest absolute Gasteiger partial charge is 0.304 e. The van der Waals surface area contributed by atoms with Gasteiger partial charge >= 0.3 is 0 Å². The lowest BCUT2D eigenvalue weighted by Crippen LogP contribution is -2.24. The van der Waals surface area contributed by atoms with Crippen molar-refractivity contribution in [1.82, 2.24) is 24.4 Å². The monoisotopic (exact) mass is 305 g/mol. The number of likely N-dealkylation sites (tertiary alicyclic amines) is 1. The molecule has 3 aromatic heterocycles. The first-order valence-corrected chi connectivity index (χ1v) is 7.99. The van der Waals surface area contributed by atoms with Gasteiger partial charge in [-0.3, -0.25) is 14.9 Å². The van der Waals surface area contributed by atoms with E-state index in [4.69, 9.17) is 0 Å². The van der Waals surface area contributed by atoms with Crippen LogP contribution in [0.1, 0.15) is 30.3 Å². The average Bonchev–Trinajstić information content (AvgIpc) is 3.28. The summed E-state index contributed by atoms with van der Waals surface area (Å²) in [6.45, 7) is 1.91. The zero-order chi connectivity index (χ0) is 15.5. The van der Waals surface area contributed by atoms with Crippen LogP contribution < -0.4 is 0 Å². The molecule has 0 aliphatic carbocycles. The molecule has 0 N–H and O–H groups in total. The minimum Gasteiger partial charge on any atom is -0.304 e. The molecule has 1 aliphatic heterocycles. The van der Waals surface area contributed by atoms with Crippen molar-refractivity contribution < 1.29 is 0 Å². The topological polar surface area (TPSA) is 46.8 Å². The maximum absolute atomic E-state index is 4.62. The standard InChI is InChI=1S/C18H19N5/c1-2-8-20-15(5-1)17-7-4-11-22(17)13-16-18(6-3-9-21-16)23-12-10-19-14-23/h1-3,5-6,8-10,12,14,17H,4,7,11,13H2. The fourth-order valence-electron chi connectivity index (χ4n) is 3.30. The summed E-state index contributed by atoms with van der Waals surface area (Å²) in [7, 11) is 0. The van der Waals surface area contributed by atoms with E-state index in [2.05, 4.69) is 38.1 Å². The van der Waals surface area contributed by atoms with Crippen LogP contribution in [0.15, 0.2) is 61.4 Å². The smallest absolute Gasteiger partial charge is 0.0992 e. The molecule has 0 amide bonds. The van der Waals surface area contributed by atoms with Crippen LogP contribution in [0.2, 0.25) is 0 Å². The summed E-state index contributed by atoms with van der Waals surface area (Å²) in [6.07, 6.45) is 11.7. The molecule has 4 heterocycles. The maximum atomic E-state index is 4.62. The molecule has 1 fully saturated rings. The Morgan fingerprint density at radius 1 is 1.04 bits per heavy atom. The van der Waals surface area contributed by atoms with Gasteiger partial charge in [-0.25, -0.2) is 4.98 Å². The minimum atomic E-state index is 0.383. The first kappa shape index (κ1) is 14.1. The highest BCUT2D eigenvalue weighted by molar-refractivity contribution is 5.36. The van der Waals surface area contributed by atoms with E-state index in [1.165, 1.54) is 6.42 Å². The van der Waals surface area contributed by atoms with Gasteiger partial charge in [-0.2, -0.15) is 0 Å². The number of nitrogens with zero attached hydrogens (tertiary/aromatic N) is 5. The van der Waals surface area contributed by atoms with Gasteiger partial charge in [-0.1, -0.05) is 6.07 Å². The molecule has 5 nitrogen and oxygen atoms in total. The summed E-state index contributed by atoms with van der Waals surface area (Å²) in [5, 5.41) is 0. The summed E-state index contributed by atoms with van der Waals surface area (Å²) in [6, 6.07) is 10.6. The Hall–Kier alpha value is -2.53. The van der Waals surface area contributed by atoms with E-state index < -0.39 is 0 Å². The lowest BCUT2D eigenvalue weighted by Gasteiger charge is -2.24. The van der Waals surface area contributed by atoms with E-state index in [1.807, 2.05) is 41.6 Å². The lowest BCUT2D eigenvalue weighted by atomic mass is 10.1. The second-order valence-electron chi connectivity index (χ2n) is 5.82. The zero-order valence-corrected chi connectivity index (χ0v) is 12.9. The quantitative estimate of drug-likeness (QED) is 0.743. The Morgan fingerprint density at radius 2 is 2.00 bits per heavy atom. The van der Waals surface area contributed by atoms with Crippen molar-refractivity contribution in [2.75, 3.05) is 6.54 Å². The number of rotatable bonds is 4.